The summed E-state index contributed by atoms with van der Waals surface area (Å²) < 4.78 is 45.2. The highest BCUT2D eigenvalue weighted by atomic mass is 19.4. The second-order valence-corrected chi connectivity index (χ2v) is 9.25. The van der Waals surface area contributed by atoms with E-state index in [1.807, 2.05) is 0 Å². The Labute approximate surface area is 202 Å². The maximum atomic E-state index is 13.5. The Kier molecular flexibility index (Phi) is 8.40. The Bertz CT molecular complexity index is 1120. The fourth-order valence-corrected chi connectivity index (χ4v) is 4.39. The van der Waals surface area contributed by atoms with E-state index in [9.17, 15) is 27.6 Å². The van der Waals surface area contributed by atoms with Crippen LogP contribution in [-0.2, 0) is 35.1 Å². The molecule has 0 spiro atoms. The van der Waals surface area contributed by atoms with Gasteiger partial charge in [-0.25, -0.2) is 4.79 Å². The highest BCUT2D eigenvalue weighted by Gasteiger charge is 2.30. The van der Waals surface area contributed by atoms with Crippen LogP contribution >= 0.6 is 0 Å². The van der Waals surface area contributed by atoms with Crippen molar-refractivity contribution in [2.24, 2.45) is 5.92 Å². The lowest BCUT2D eigenvalue weighted by Crippen LogP contribution is -2.47. The van der Waals surface area contributed by atoms with E-state index in [0.29, 0.717) is 18.4 Å². The molecule has 0 fully saturated rings. The molecular weight excluding hydrogens is 461 g/mol. The molecule has 1 aliphatic carbocycles. The summed E-state index contributed by atoms with van der Waals surface area (Å²) in [6.45, 7) is 3.56. The van der Waals surface area contributed by atoms with Crippen molar-refractivity contribution in [1.29, 1.82) is 0 Å². The number of hydrogen-bond donors (Lipinski definition) is 1. The fraction of sp³-hybridized carbons (Fsp3) is 0.500. The van der Waals surface area contributed by atoms with Gasteiger partial charge in [0, 0.05) is 5.69 Å². The van der Waals surface area contributed by atoms with Crippen LogP contribution in [0.1, 0.15) is 72.3 Å². The van der Waals surface area contributed by atoms with Gasteiger partial charge in [-0.05, 0) is 60.9 Å². The molecule has 1 amide bonds. The molecular formula is C26H31F3N2O4. The first kappa shape index (κ1) is 26.5. The number of benzene rings is 1. The minimum absolute atomic E-state index is 0.0467. The zero-order valence-corrected chi connectivity index (χ0v) is 20.2. The Balaban J connectivity index is 2.04. The van der Waals surface area contributed by atoms with Gasteiger partial charge in [-0.2, -0.15) is 13.2 Å². The maximum Gasteiger partial charge on any atom is 0.416 e. The molecule has 0 bridgehead atoms. The quantitative estimate of drug-likeness (QED) is 0.603. The molecule has 1 aliphatic rings. The highest BCUT2D eigenvalue weighted by molar-refractivity contribution is 5.96. The van der Waals surface area contributed by atoms with Crippen LogP contribution in [0.3, 0.4) is 0 Å². The van der Waals surface area contributed by atoms with Crippen molar-refractivity contribution in [1.82, 2.24) is 9.88 Å². The predicted octanol–water partition coefficient (Wildman–Crippen LogP) is 4.50. The Morgan fingerprint density at radius 1 is 1.06 bits per heavy atom. The zero-order valence-electron chi connectivity index (χ0n) is 20.2. The lowest BCUT2D eigenvalue weighted by Gasteiger charge is -2.23. The van der Waals surface area contributed by atoms with Crippen molar-refractivity contribution in [2.45, 2.75) is 71.1 Å². The van der Waals surface area contributed by atoms with Crippen molar-refractivity contribution < 1.29 is 27.5 Å². The number of methoxy groups -OCH3 is 1. The van der Waals surface area contributed by atoms with Gasteiger partial charge >= 0.3 is 12.1 Å². The number of esters is 1. The molecule has 1 aromatic carbocycles. The number of halogens is 3. The number of fused-ring (bicyclic) bond motifs is 1. The summed E-state index contributed by atoms with van der Waals surface area (Å²) >= 11 is 0. The summed E-state index contributed by atoms with van der Waals surface area (Å²) in [5.74, 6) is -1.54. The molecule has 0 saturated heterocycles. The van der Waals surface area contributed by atoms with E-state index < -0.39 is 35.2 Å². The Morgan fingerprint density at radius 3 is 2.26 bits per heavy atom. The minimum Gasteiger partial charge on any atom is -0.467 e. The SMILES string of the molecule is COC(=O)[C@@H](NC(=O)c1cc2c(n(Cc3ccc(C(F)(F)F)cc3)c1=O)CCCCCC2)C(C)C. The van der Waals surface area contributed by atoms with Gasteiger partial charge in [-0.3, -0.25) is 9.59 Å². The summed E-state index contributed by atoms with van der Waals surface area (Å²) in [5.41, 5.74) is 0.816. The molecule has 0 saturated carbocycles. The van der Waals surface area contributed by atoms with Crippen LogP contribution < -0.4 is 10.9 Å². The number of aromatic nitrogens is 1. The van der Waals surface area contributed by atoms with Crippen LogP contribution in [0, 0.1) is 5.92 Å². The molecule has 35 heavy (non-hydrogen) atoms. The second kappa shape index (κ2) is 11.1. The fourth-order valence-electron chi connectivity index (χ4n) is 4.39. The third kappa shape index (κ3) is 6.32. The van der Waals surface area contributed by atoms with Gasteiger partial charge in [0.2, 0.25) is 0 Å². The van der Waals surface area contributed by atoms with Crippen molar-refractivity contribution in [2.75, 3.05) is 7.11 Å². The van der Waals surface area contributed by atoms with Gasteiger partial charge in [0.15, 0.2) is 0 Å². The summed E-state index contributed by atoms with van der Waals surface area (Å²) in [4.78, 5) is 38.8. The molecule has 3 rings (SSSR count). The molecule has 6 nitrogen and oxygen atoms in total. The van der Waals surface area contributed by atoms with Crippen molar-refractivity contribution >= 4 is 11.9 Å². The monoisotopic (exact) mass is 492 g/mol. The number of aryl methyl sites for hydroxylation is 1. The number of hydrogen-bond acceptors (Lipinski definition) is 4. The number of nitrogens with one attached hydrogen (secondary N) is 1. The van der Waals surface area contributed by atoms with Gasteiger partial charge in [0.05, 0.1) is 19.2 Å². The number of amides is 1. The van der Waals surface area contributed by atoms with Gasteiger partial charge in [0.1, 0.15) is 11.6 Å². The van der Waals surface area contributed by atoms with Crippen LogP contribution in [0.2, 0.25) is 0 Å². The zero-order chi connectivity index (χ0) is 25.8. The number of nitrogens with zero attached hydrogens (tertiary/aromatic N) is 1. The molecule has 1 aromatic heterocycles. The largest absolute Gasteiger partial charge is 0.467 e. The number of ether oxygens (including phenoxy) is 1. The van der Waals surface area contributed by atoms with E-state index in [-0.39, 0.29) is 18.0 Å². The molecule has 1 heterocycles. The molecule has 190 valence electrons. The molecule has 9 heteroatoms. The average molecular weight is 493 g/mol. The van der Waals surface area contributed by atoms with Gasteiger partial charge in [-0.1, -0.05) is 38.8 Å². The summed E-state index contributed by atoms with van der Waals surface area (Å²) in [6.07, 6.45) is 0.723. The maximum absolute atomic E-state index is 13.5. The molecule has 1 atom stereocenters. The van der Waals surface area contributed by atoms with Crippen LogP contribution in [0.5, 0.6) is 0 Å². The summed E-state index contributed by atoms with van der Waals surface area (Å²) in [7, 11) is 1.23. The lowest BCUT2D eigenvalue weighted by atomic mass is 9.95. The van der Waals surface area contributed by atoms with E-state index in [2.05, 4.69) is 5.32 Å². The summed E-state index contributed by atoms with van der Waals surface area (Å²) in [5, 5.41) is 2.62. The van der Waals surface area contributed by atoms with Crippen LogP contribution in [0.15, 0.2) is 35.1 Å². The number of pyridine rings is 1. The topological polar surface area (TPSA) is 77.4 Å². The molecule has 0 unspecified atom stereocenters. The van der Waals surface area contributed by atoms with E-state index in [4.69, 9.17) is 4.74 Å². The number of alkyl halides is 3. The second-order valence-electron chi connectivity index (χ2n) is 9.25. The van der Waals surface area contributed by atoms with E-state index in [0.717, 1.165) is 49.1 Å². The molecule has 0 aliphatic heterocycles. The predicted molar refractivity (Wildman–Crippen MR) is 125 cm³/mol. The normalized spacial score (nSPS) is 15.1. The van der Waals surface area contributed by atoms with Crippen LogP contribution in [0.25, 0.3) is 0 Å². The standard InChI is InChI=1S/C26H31F3N2O4/c1-16(2)22(25(34)35-3)30-23(32)20-14-18-8-6-4-5-7-9-21(18)31(24(20)33)15-17-10-12-19(13-11-17)26(27,28)29/h10-14,16,22H,4-9,15H2,1-3H3,(H,30,32)/t22-/m0/s1. The van der Waals surface area contributed by atoms with Crippen LogP contribution in [-0.4, -0.2) is 29.6 Å². The van der Waals surface area contributed by atoms with Crippen LogP contribution in [0.4, 0.5) is 13.2 Å². The van der Waals surface area contributed by atoms with E-state index >= 15 is 0 Å². The number of carbonyl (C=O) groups excluding carboxylic acids is 2. The third-order valence-electron chi connectivity index (χ3n) is 6.38. The average Bonchev–Trinajstić information content (AvgIpc) is 2.79. The smallest absolute Gasteiger partial charge is 0.416 e. The molecule has 2 aromatic rings. The minimum atomic E-state index is -4.45. The van der Waals surface area contributed by atoms with Gasteiger partial charge in [-0.15, -0.1) is 0 Å². The summed E-state index contributed by atoms with van der Waals surface area (Å²) in [6, 6.07) is 5.37. The number of carbonyl (C=O) groups is 2. The Morgan fingerprint density at radius 2 is 1.69 bits per heavy atom. The first-order chi connectivity index (χ1) is 16.5. The third-order valence-corrected chi connectivity index (χ3v) is 6.38. The van der Waals surface area contributed by atoms with Gasteiger partial charge < -0.3 is 14.6 Å². The van der Waals surface area contributed by atoms with Crippen molar-refractivity contribution in [3.05, 3.63) is 68.6 Å². The van der Waals surface area contributed by atoms with Crippen molar-refractivity contribution in [3.8, 4) is 0 Å². The first-order valence-corrected chi connectivity index (χ1v) is 11.8. The highest BCUT2D eigenvalue weighted by Crippen LogP contribution is 2.29. The van der Waals surface area contributed by atoms with E-state index in [1.54, 1.807) is 19.9 Å². The van der Waals surface area contributed by atoms with E-state index in [1.165, 1.54) is 23.8 Å². The molecule has 0 radical (unpaired) electrons. The van der Waals surface area contributed by atoms with Crippen molar-refractivity contribution in [3.63, 3.8) is 0 Å². The Hall–Kier alpha value is -3.10. The van der Waals surface area contributed by atoms with Gasteiger partial charge in [0.25, 0.3) is 11.5 Å². The number of rotatable bonds is 6. The first-order valence-electron chi connectivity index (χ1n) is 11.8. The lowest BCUT2D eigenvalue weighted by molar-refractivity contribution is -0.144. The molecule has 1 N–H and O–H groups in total.